The lowest BCUT2D eigenvalue weighted by Gasteiger charge is -2.22. The summed E-state index contributed by atoms with van der Waals surface area (Å²) in [6.07, 6.45) is 7.10. The van der Waals surface area contributed by atoms with E-state index in [1.54, 1.807) is 0 Å². The van der Waals surface area contributed by atoms with Gasteiger partial charge < -0.3 is 11.1 Å². The molecule has 0 saturated heterocycles. The Balaban J connectivity index is 1.73. The first-order valence-corrected chi connectivity index (χ1v) is 5.86. The minimum absolute atomic E-state index is 0.0883. The lowest BCUT2D eigenvalue weighted by molar-refractivity contribution is 0.160. The maximum Gasteiger partial charge on any atom is 0.125 e. The maximum atomic E-state index is 14.1. The van der Waals surface area contributed by atoms with E-state index in [2.05, 4.69) is 5.32 Å². The molecule has 0 heterocycles. The Morgan fingerprint density at radius 3 is 2.57 bits per heavy atom. The van der Waals surface area contributed by atoms with Crippen LogP contribution in [0.1, 0.15) is 44.9 Å². The van der Waals surface area contributed by atoms with E-state index < -0.39 is 5.67 Å². The largest absolute Gasteiger partial charge is 0.328 e. The second-order valence-corrected chi connectivity index (χ2v) is 5.02. The minimum Gasteiger partial charge on any atom is -0.328 e. The van der Waals surface area contributed by atoms with Crippen molar-refractivity contribution < 1.29 is 4.39 Å². The number of rotatable bonds is 3. The van der Waals surface area contributed by atoms with Gasteiger partial charge in [-0.15, -0.1) is 0 Å². The molecule has 0 aromatic carbocycles. The molecule has 2 fully saturated rings. The molecule has 2 nitrogen and oxygen atoms in total. The van der Waals surface area contributed by atoms with Crippen LogP contribution in [-0.2, 0) is 0 Å². The van der Waals surface area contributed by atoms with Gasteiger partial charge in [0.05, 0.1) is 0 Å². The molecular weight excluding hydrogens is 179 g/mol. The average molecular weight is 200 g/mol. The Morgan fingerprint density at radius 2 is 2.00 bits per heavy atom. The van der Waals surface area contributed by atoms with E-state index in [1.165, 1.54) is 25.7 Å². The Kier molecular flexibility index (Phi) is 3.07. The van der Waals surface area contributed by atoms with Gasteiger partial charge in [-0.3, -0.25) is 0 Å². The van der Waals surface area contributed by atoms with Crippen molar-refractivity contribution in [1.82, 2.24) is 5.32 Å². The Hall–Kier alpha value is -0.150. The maximum absolute atomic E-state index is 14.1. The molecule has 0 aromatic rings. The monoisotopic (exact) mass is 200 g/mol. The van der Waals surface area contributed by atoms with E-state index in [0.717, 1.165) is 6.42 Å². The Morgan fingerprint density at radius 1 is 1.29 bits per heavy atom. The van der Waals surface area contributed by atoms with Gasteiger partial charge in [0.2, 0.25) is 0 Å². The molecule has 2 aliphatic rings. The lowest BCUT2D eigenvalue weighted by Crippen LogP contribution is -2.40. The molecule has 0 spiro atoms. The van der Waals surface area contributed by atoms with Gasteiger partial charge in [-0.25, -0.2) is 4.39 Å². The quantitative estimate of drug-likeness (QED) is 0.728. The Bertz CT molecular complexity index is 192. The summed E-state index contributed by atoms with van der Waals surface area (Å²) in [5.74, 6) is 0. The van der Waals surface area contributed by atoms with Crippen molar-refractivity contribution in [3.63, 3.8) is 0 Å². The fourth-order valence-electron chi connectivity index (χ4n) is 2.74. The summed E-state index contributed by atoms with van der Waals surface area (Å²) >= 11 is 0. The zero-order valence-electron chi connectivity index (χ0n) is 8.77. The van der Waals surface area contributed by atoms with Gasteiger partial charge >= 0.3 is 0 Å². The van der Waals surface area contributed by atoms with Gasteiger partial charge in [-0.1, -0.05) is 12.8 Å². The minimum atomic E-state index is -1.01. The molecule has 3 heteroatoms. The second-order valence-electron chi connectivity index (χ2n) is 5.02. The fraction of sp³-hybridized carbons (Fsp3) is 1.00. The van der Waals surface area contributed by atoms with Crippen molar-refractivity contribution in [2.45, 2.75) is 62.7 Å². The van der Waals surface area contributed by atoms with Crippen LogP contribution in [0, 0.1) is 0 Å². The molecular formula is C11H21FN2. The first-order chi connectivity index (χ1) is 6.68. The highest BCUT2D eigenvalue weighted by molar-refractivity contribution is 4.94. The highest BCUT2D eigenvalue weighted by Gasteiger charge is 2.38. The molecule has 2 unspecified atom stereocenters. The van der Waals surface area contributed by atoms with Crippen molar-refractivity contribution in [3.8, 4) is 0 Å². The molecule has 3 N–H and O–H groups in total. The standard InChI is InChI=1S/C11H21FN2/c12-11(6-5-9(13)7-11)8-14-10-3-1-2-4-10/h9-10,14H,1-8,13H2. The molecule has 0 amide bonds. The SMILES string of the molecule is NC1CCC(F)(CNC2CCCC2)C1. The van der Waals surface area contributed by atoms with Gasteiger partial charge in [-0.05, 0) is 32.1 Å². The predicted octanol–water partition coefficient (Wildman–Crippen LogP) is 1.74. The molecule has 2 atom stereocenters. The van der Waals surface area contributed by atoms with Crippen molar-refractivity contribution in [2.24, 2.45) is 5.73 Å². The molecule has 0 aromatic heterocycles. The van der Waals surface area contributed by atoms with Crippen molar-refractivity contribution in [3.05, 3.63) is 0 Å². The van der Waals surface area contributed by atoms with Crippen molar-refractivity contribution >= 4 is 0 Å². The van der Waals surface area contributed by atoms with Crippen LogP contribution in [0.4, 0.5) is 4.39 Å². The van der Waals surface area contributed by atoms with Gasteiger partial charge in [0.25, 0.3) is 0 Å². The fourth-order valence-corrected chi connectivity index (χ4v) is 2.74. The molecule has 82 valence electrons. The third-order valence-electron chi connectivity index (χ3n) is 3.65. The Labute approximate surface area is 85.4 Å². The van der Waals surface area contributed by atoms with E-state index in [9.17, 15) is 4.39 Å². The third kappa shape index (κ3) is 2.45. The summed E-state index contributed by atoms with van der Waals surface area (Å²) < 4.78 is 14.1. The van der Waals surface area contributed by atoms with Crippen LogP contribution in [0.2, 0.25) is 0 Å². The summed E-state index contributed by atoms with van der Waals surface area (Å²) in [6, 6.07) is 0.657. The topological polar surface area (TPSA) is 38.0 Å². The van der Waals surface area contributed by atoms with Gasteiger partial charge in [0, 0.05) is 18.6 Å². The summed E-state index contributed by atoms with van der Waals surface area (Å²) in [5.41, 5.74) is 4.71. The molecule has 0 radical (unpaired) electrons. The average Bonchev–Trinajstić information content (AvgIpc) is 2.73. The molecule has 0 bridgehead atoms. The number of halogens is 1. The highest BCUT2D eigenvalue weighted by Crippen LogP contribution is 2.32. The van der Waals surface area contributed by atoms with Crippen LogP contribution in [0.25, 0.3) is 0 Å². The van der Waals surface area contributed by atoms with Crippen LogP contribution < -0.4 is 11.1 Å². The van der Waals surface area contributed by atoms with E-state index in [-0.39, 0.29) is 6.04 Å². The van der Waals surface area contributed by atoms with E-state index in [0.29, 0.717) is 25.4 Å². The first-order valence-electron chi connectivity index (χ1n) is 5.86. The zero-order valence-corrected chi connectivity index (χ0v) is 8.77. The zero-order chi connectivity index (χ0) is 10.0. The first kappa shape index (κ1) is 10.4. The van der Waals surface area contributed by atoms with Crippen LogP contribution in [-0.4, -0.2) is 24.3 Å². The van der Waals surface area contributed by atoms with Crippen LogP contribution in [0.15, 0.2) is 0 Å². The van der Waals surface area contributed by atoms with Crippen molar-refractivity contribution in [1.29, 1.82) is 0 Å². The number of nitrogens with one attached hydrogen (secondary N) is 1. The summed E-state index contributed by atoms with van der Waals surface area (Å²) in [7, 11) is 0. The third-order valence-corrected chi connectivity index (χ3v) is 3.65. The van der Waals surface area contributed by atoms with Crippen LogP contribution in [0.5, 0.6) is 0 Å². The number of alkyl halides is 1. The molecule has 14 heavy (non-hydrogen) atoms. The van der Waals surface area contributed by atoms with Crippen LogP contribution >= 0.6 is 0 Å². The number of hydrogen-bond donors (Lipinski definition) is 2. The smallest absolute Gasteiger partial charge is 0.125 e. The second kappa shape index (κ2) is 4.15. The normalized spacial score (nSPS) is 39.4. The van der Waals surface area contributed by atoms with E-state index in [4.69, 9.17) is 5.73 Å². The molecule has 2 aliphatic carbocycles. The highest BCUT2D eigenvalue weighted by atomic mass is 19.1. The van der Waals surface area contributed by atoms with Crippen LogP contribution in [0.3, 0.4) is 0 Å². The van der Waals surface area contributed by atoms with Gasteiger partial charge in [0.15, 0.2) is 0 Å². The van der Waals surface area contributed by atoms with E-state index >= 15 is 0 Å². The lowest BCUT2D eigenvalue weighted by atomic mass is 10.0. The molecule has 2 saturated carbocycles. The van der Waals surface area contributed by atoms with Gasteiger partial charge in [0.1, 0.15) is 5.67 Å². The van der Waals surface area contributed by atoms with Gasteiger partial charge in [-0.2, -0.15) is 0 Å². The predicted molar refractivity (Wildman–Crippen MR) is 55.9 cm³/mol. The summed E-state index contributed by atoms with van der Waals surface area (Å²) in [4.78, 5) is 0. The summed E-state index contributed by atoms with van der Waals surface area (Å²) in [6.45, 7) is 0.519. The summed E-state index contributed by atoms with van der Waals surface area (Å²) in [5, 5.41) is 3.35. The number of nitrogens with two attached hydrogens (primary N) is 1. The van der Waals surface area contributed by atoms with Crippen molar-refractivity contribution in [2.75, 3.05) is 6.54 Å². The number of hydrogen-bond acceptors (Lipinski definition) is 2. The van der Waals surface area contributed by atoms with E-state index in [1.807, 2.05) is 0 Å². The molecule has 2 rings (SSSR count). The molecule has 0 aliphatic heterocycles.